The van der Waals surface area contributed by atoms with E-state index >= 15 is 0 Å². The molecule has 1 aliphatic carbocycles. The topological polar surface area (TPSA) is 24.1 Å². The number of rotatable bonds is 6. The molecule has 3 rings (SSSR count). The number of allylic oxidation sites excluding steroid dienone is 3. The van der Waals surface area contributed by atoms with Crippen molar-refractivity contribution in [1.29, 1.82) is 0 Å². The van der Waals surface area contributed by atoms with Gasteiger partial charge in [-0.15, -0.1) is 9.24 Å². The van der Waals surface area contributed by atoms with Crippen molar-refractivity contribution in [1.82, 2.24) is 10.6 Å². The first-order chi connectivity index (χ1) is 15.1. The van der Waals surface area contributed by atoms with Crippen LogP contribution in [0.3, 0.4) is 0 Å². The standard InChI is InChI=1S/C28H54N2P2Si/c1-26(2,3)32(27(4,5)6)20-21-18-22(33(7,8)9)19-23(21)28(31,24-14-10-12-16-29-24)25-15-11-13-17-30-25/h18,24-25,29-30H,10-17,19-20,31H2,1-9H3. The Morgan fingerprint density at radius 3 is 1.73 bits per heavy atom. The molecule has 190 valence electrons. The van der Waals surface area contributed by atoms with Crippen LogP contribution in [0.25, 0.3) is 0 Å². The van der Waals surface area contributed by atoms with Crippen LogP contribution in [0.15, 0.2) is 22.4 Å². The first-order valence-corrected chi connectivity index (χ1v) is 19.2. The average Bonchev–Trinajstić information content (AvgIpc) is 3.16. The quantitative estimate of drug-likeness (QED) is 0.287. The minimum atomic E-state index is -1.35. The lowest BCUT2D eigenvalue weighted by Gasteiger charge is -2.50. The second-order valence-corrected chi connectivity index (χ2v) is 23.9. The third kappa shape index (κ3) is 6.43. The summed E-state index contributed by atoms with van der Waals surface area (Å²) in [6, 6.07) is 1.14. The van der Waals surface area contributed by atoms with Gasteiger partial charge in [0.2, 0.25) is 0 Å². The van der Waals surface area contributed by atoms with Crippen molar-refractivity contribution >= 4 is 25.2 Å². The van der Waals surface area contributed by atoms with Gasteiger partial charge in [-0.25, -0.2) is 0 Å². The van der Waals surface area contributed by atoms with Gasteiger partial charge in [0.05, 0.1) is 8.07 Å². The maximum absolute atomic E-state index is 4.02. The van der Waals surface area contributed by atoms with E-state index in [2.05, 4.69) is 87.1 Å². The van der Waals surface area contributed by atoms with Crippen LogP contribution in [0, 0.1) is 0 Å². The lowest BCUT2D eigenvalue weighted by molar-refractivity contribution is 0.259. The molecule has 0 radical (unpaired) electrons. The fraction of sp³-hybridized carbons (Fsp3) is 0.857. The molecule has 0 bridgehead atoms. The summed E-state index contributed by atoms with van der Waals surface area (Å²) in [5.74, 6) is 0. The van der Waals surface area contributed by atoms with Gasteiger partial charge in [-0.3, -0.25) is 0 Å². The Bertz CT molecular complexity index is 707. The molecule has 3 aliphatic rings. The second-order valence-electron chi connectivity index (χ2n) is 14.0. The summed E-state index contributed by atoms with van der Waals surface area (Å²) < 4.78 is 0. The van der Waals surface area contributed by atoms with Crippen LogP contribution < -0.4 is 10.6 Å². The summed E-state index contributed by atoms with van der Waals surface area (Å²) in [5, 5.41) is 10.7. The Kier molecular flexibility index (Phi) is 8.89. The highest BCUT2D eigenvalue weighted by Crippen LogP contribution is 2.62. The van der Waals surface area contributed by atoms with Gasteiger partial charge in [-0.2, -0.15) is 0 Å². The third-order valence-electron chi connectivity index (χ3n) is 8.31. The number of piperidine rings is 2. The highest BCUT2D eigenvalue weighted by atomic mass is 31.1. The minimum Gasteiger partial charge on any atom is -0.313 e. The molecule has 5 heteroatoms. The van der Waals surface area contributed by atoms with Gasteiger partial charge in [0.1, 0.15) is 0 Å². The summed E-state index contributed by atoms with van der Waals surface area (Å²) in [6.07, 6.45) is 13.3. The Morgan fingerprint density at radius 1 is 0.879 bits per heavy atom. The molecule has 2 aliphatic heterocycles. The van der Waals surface area contributed by atoms with Crippen molar-refractivity contribution < 1.29 is 0 Å². The van der Waals surface area contributed by atoms with Crippen molar-refractivity contribution in [2.75, 3.05) is 19.3 Å². The molecular weight excluding hydrogens is 454 g/mol. The van der Waals surface area contributed by atoms with Crippen molar-refractivity contribution in [2.24, 2.45) is 0 Å². The lowest BCUT2D eigenvalue weighted by Crippen LogP contribution is -2.61. The molecule has 0 spiro atoms. The Labute approximate surface area is 211 Å². The van der Waals surface area contributed by atoms with Crippen LogP contribution in [0.2, 0.25) is 19.6 Å². The maximum Gasteiger partial charge on any atom is 0.0728 e. The van der Waals surface area contributed by atoms with Crippen LogP contribution in [-0.2, 0) is 0 Å². The predicted molar refractivity (Wildman–Crippen MR) is 158 cm³/mol. The van der Waals surface area contributed by atoms with Gasteiger partial charge in [0, 0.05) is 17.2 Å². The minimum absolute atomic E-state index is 0.130. The largest absolute Gasteiger partial charge is 0.313 e. The van der Waals surface area contributed by atoms with E-state index in [4.69, 9.17) is 0 Å². The zero-order chi connectivity index (χ0) is 24.7. The van der Waals surface area contributed by atoms with Gasteiger partial charge in [0.15, 0.2) is 0 Å². The first kappa shape index (κ1) is 28.1. The Morgan fingerprint density at radius 2 is 1.36 bits per heavy atom. The average molecular weight is 509 g/mol. The van der Waals surface area contributed by atoms with Crippen LogP contribution in [-0.4, -0.2) is 54.9 Å². The molecule has 0 aromatic heterocycles. The predicted octanol–water partition coefficient (Wildman–Crippen LogP) is 7.47. The van der Waals surface area contributed by atoms with Crippen LogP contribution in [0.4, 0.5) is 0 Å². The summed E-state index contributed by atoms with van der Waals surface area (Å²) in [4.78, 5) is 0. The van der Waals surface area contributed by atoms with Crippen LogP contribution in [0.1, 0.15) is 86.5 Å². The molecule has 0 aromatic carbocycles. The zero-order valence-corrected chi connectivity index (χ0v) is 26.4. The lowest BCUT2D eigenvalue weighted by atomic mass is 9.75. The molecule has 33 heavy (non-hydrogen) atoms. The third-order valence-corrected chi connectivity index (χ3v) is 15.6. The fourth-order valence-corrected chi connectivity index (χ4v) is 12.3. The maximum atomic E-state index is 4.02. The van der Waals surface area contributed by atoms with Crippen molar-refractivity contribution in [3.63, 3.8) is 0 Å². The highest BCUT2D eigenvalue weighted by Gasteiger charge is 2.48. The zero-order valence-electron chi connectivity index (χ0n) is 23.3. The molecule has 0 aromatic rings. The molecule has 3 unspecified atom stereocenters. The van der Waals surface area contributed by atoms with E-state index in [0.717, 1.165) is 0 Å². The molecule has 3 atom stereocenters. The summed E-state index contributed by atoms with van der Waals surface area (Å²) in [7, 11) is 2.00. The highest BCUT2D eigenvalue weighted by molar-refractivity contribution is 7.61. The molecule has 2 fully saturated rings. The molecule has 2 heterocycles. The molecule has 2 N–H and O–H groups in total. The van der Waals surface area contributed by atoms with E-state index in [1.165, 1.54) is 64.2 Å². The van der Waals surface area contributed by atoms with E-state index in [-0.39, 0.29) is 13.1 Å². The van der Waals surface area contributed by atoms with Crippen LogP contribution in [0.5, 0.6) is 0 Å². The van der Waals surface area contributed by atoms with Gasteiger partial charge >= 0.3 is 0 Å². The molecule has 0 amide bonds. The van der Waals surface area contributed by atoms with E-state index in [0.29, 0.717) is 22.4 Å². The van der Waals surface area contributed by atoms with Crippen LogP contribution >= 0.6 is 17.2 Å². The van der Waals surface area contributed by atoms with Gasteiger partial charge in [-0.1, -0.05) is 93.2 Å². The SMILES string of the molecule is CC(C)(C)P(CC1=C(C(P)(C2CCCCN2)C2CCCCN2)CC([Si](C)(C)C)=C1)C(C)(C)C. The van der Waals surface area contributed by atoms with Crippen molar-refractivity contribution in [2.45, 2.75) is 134 Å². The molecule has 0 saturated carbocycles. The summed E-state index contributed by atoms with van der Waals surface area (Å²) in [6.45, 7) is 25.0. The number of hydrogen-bond donors (Lipinski definition) is 2. The molecule has 2 nitrogen and oxygen atoms in total. The van der Waals surface area contributed by atoms with Gasteiger partial charge in [-0.05, 0) is 72.8 Å². The monoisotopic (exact) mass is 508 g/mol. The smallest absolute Gasteiger partial charge is 0.0728 e. The summed E-state index contributed by atoms with van der Waals surface area (Å²) >= 11 is 0. The van der Waals surface area contributed by atoms with E-state index in [9.17, 15) is 0 Å². The number of nitrogens with one attached hydrogen (secondary N) is 2. The normalized spacial score (nSPS) is 27.7. The van der Waals surface area contributed by atoms with E-state index < -0.39 is 8.07 Å². The van der Waals surface area contributed by atoms with Crippen molar-refractivity contribution in [3.05, 3.63) is 22.4 Å². The van der Waals surface area contributed by atoms with E-state index in [1.807, 2.05) is 0 Å². The van der Waals surface area contributed by atoms with Gasteiger partial charge in [0.25, 0.3) is 0 Å². The summed E-state index contributed by atoms with van der Waals surface area (Å²) in [5.41, 5.74) is 3.50. The molecular formula is C28H54N2P2Si. The van der Waals surface area contributed by atoms with Crippen molar-refractivity contribution in [3.8, 4) is 0 Å². The second kappa shape index (κ2) is 10.5. The first-order valence-electron chi connectivity index (χ1n) is 13.6. The number of hydrogen-bond acceptors (Lipinski definition) is 2. The molecule has 2 saturated heterocycles. The Balaban J connectivity index is 2.11. The Hall–Kier alpha value is 0.477. The van der Waals surface area contributed by atoms with E-state index in [1.54, 1.807) is 16.3 Å². The fourth-order valence-electron chi connectivity index (χ4n) is 6.54. The van der Waals surface area contributed by atoms with Gasteiger partial charge < -0.3 is 10.6 Å².